The fourth-order valence-electron chi connectivity index (χ4n) is 9.05. The second kappa shape index (κ2) is 12.5. The van der Waals surface area contributed by atoms with Crippen LogP contribution in [0.1, 0.15) is 110 Å². The average Bonchev–Trinajstić information content (AvgIpc) is 3.62. The van der Waals surface area contributed by atoms with Crippen molar-refractivity contribution in [3.8, 4) is 17.1 Å². The van der Waals surface area contributed by atoms with Crippen LogP contribution in [0.25, 0.3) is 48.3 Å². The van der Waals surface area contributed by atoms with Crippen molar-refractivity contribution in [1.29, 1.82) is 0 Å². The number of hydrogen-bond donors (Lipinski definition) is 0. The van der Waals surface area contributed by atoms with Crippen molar-refractivity contribution in [2.75, 3.05) is 0 Å². The average molecular weight is 656 g/mol. The fourth-order valence-corrected chi connectivity index (χ4v) is 10.4. The number of aromatic nitrogens is 2. The predicted molar refractivity (Wildman–Crippen MR) is 209 cm³/mol. The van der Waals surface area contributed by atoms with Gasteiger partial charge in [-0.2, -0.15) is 4.57 Å². The molecule has 3 heterocycles. The van der Waals surface area contributed by atoms with E-state index in [0.717, 1.165) is 32.1 Å². The Kier molecular flexibility index (Phi) is 8.60. The van der Waals surface area contributed by atoms with Gasteiger partial charge in [-0.05, 0) is 98.2 Å². The zero-order chi connectivity index (χ0) is 34.0. The van der Waals surface area contributed by atoms with Crippen LogP contribution in [0.5, 0.6) is 0 Å². The highest BCUT2D eigenvalue weighted by Crippen LogP contribution is 2.52. The number of fused-ring (bicyclic) bond motifs is 8. The van der Waals surface area contributed by atoms with Crippen LogP contribution >= 0.6 is 11.3 Å². The third kappa shape index (κ3) is 4.90. The van der Waals surface area contributed by atoms with Crippen LogP contribution in [-0.2, 0) is 30.2 Å². The Morgan fingerprint density at radius 1 is 0.792 bits per heavy atom. The van der Waals surface area contributed by atoms with E-state index in [-0.39, 0.29) is 11.0 Å². The van der Waals surface area contributed by atoms with Crippen LogP contribution in [0.3, 0.4) is 0 Å². The van der Waals surface area contributed by atoms with Crippen molar-refractivity contribution >= 4 is 42.5 Å². The van der Waals surface area contributed by atoms with Gasteiger partial charge in [0.15, 0.2) is 16.7 Å². The number of para-hydroxylation sites is 2. The van der Waals surface area contributed by atoms with Gasteiger partial charge in [0.1, 0.15) is 5.54 Å². The summed E-state index contributed by atoms with van der Waals surface area (Å²) >= 11 is 2.04. The van der Waals surface area contributed by atoms with Gasteiger partial charge in [-0.15, -0.1) is 11.3 Å². The van der Waals surface area contributed by atoms with E-state index in [4.69, 9.17) is 0 Å². The van der Waals surface area contributed by atoms with E-state index in [1.807, 2.05) is 11.3 Å². The molecule has 0 saturated heterocycles. The van der Waals surface area contributed by atoms with Crippen molar-refractivity contribution in [2.45, 2.75) is 118 Å². The Morgan fingerprint density at radius 3 is 2.21 bits per heavy atom. The Balaban J connectivity index is 1.68. The Bertz CT molecular complexity index is 2140. The molecule has 2 aromatic heterocycles. The summed E-state index contributed by atoms with van der Waals surface area (Å²) in [4.78, 5) is 0. The van der Waals surface area contributed by atoms with Gasteiger partial charge in [-0.3, -0.25) is 0 Å². The molecule has 250 valence electrons. The van der Waals surface area contributed by atoms with Gasteiger partial charge in [-0.25, -0.2) is 4.57 Å². The second-order valence-electron chi connectivity index (χ2n) is 15.8. The first-order valence-electron chi connectivity index (χ1n) is 18.7. The number of nitrogens with zero attached hydrogens (tertiary/aromatic N) is 2. The fraction of sp³-hybridized carbons (Fsp3) is 0.444. The summed E-state index contributed by atoms with van der Waals surface area (Å²) in [6, 6.07) is 28.6. The van der Waals surface area contributed by atoms with Crippen LogP contribution in [0.15, 0.2) is 72.8 Å². The Hall–Kier alpha value is -3.43. The highest BCUT2D eigenvalue weighted by Gasteiger charge is 2.56. The summed E-state index contributed by atoms with van der Waals surface area (Å²) < 4.78 is 8.36. The largest absolute Gasteiger partial charge is 0.295 e. The maximum Gasteiger partial charge on any atom is 0.295 e. The minimum atomic E-state index is -0.0977. The normalized spacial score (nSPS) is 19.2. The lowest BCUT2D eigenvalue weighted by atomic mass is 9.61. The maximum absolute atomic E-state index is 2.76. The van der Waals surface area contributed by atoms with Crippen molar-refractivity contribution in [3.63, 3.8) is 0 Å². The minimum absolute atomic E-state index is 0.00529. The van der Waals surface area contributed by atoms with Gasteiger partial charge >= 0.3 is 0 Å². The van der Waals surface area contributed by atoms with E-state index >= 15 is 0 Å². The van der Waals surface area contributed by atoms with Crippen LogP contribution in [0, 0.1) is 11.8 Å². The highest BCUT2D eigenvalue weighted by molar-refractivity contribution is 7.26. The van der Waals surface area contributed by atoms with Crippen LogP contribution in [0.4, 0.5) is 0 Å². The molecule has 6 aromatic rings. The van der Waals surface area contributed by atoms with E-state index in [0.29, 0.717) is 11.8 Å². The summed E-state index contributed by atoms with van der Waals surface area (Å²) in [7, 11) is 0. The Labute approximate surface area is 292 Å². The quantitative estimate of drug-likeness (QED) is 0.130. The number of rotatable bonds is 10. The summed E-state index contributed by atoms with van der Waals surface area (Å²) in [6.45, 7) is 21.6. The molecule has 1 aliphatic heterocycles. The van der Waals surface area contributed by atoms with Crippen LogP contribution < -0.4 is 4.57 Å². The Morgan fingerprint density at radius 2 is 1.50 bits per heavy atom. The lowest BCUT2D eigenvalue weighted by Gasteiger charge is -2.47. The first-order chi connectivity index (χ1) is 23.1. The third-order valence-corrected chi connectivity index (χ3v) is 13.0. The van der Waals surface area contributed by atoms with E-state index in [2.05, 4.69) is 144 Å². The topological polar surface area (TPSA) is 8.81 Å². The summed E-state index contributed by atoms with van der Waals surface area (Å²) in [5.41, 5.74) is 11.3. The van der Waals surface area contributed by atoms with Gasteiger partial charge in [0.2, 0.25) is 0 Å². The lowest BCUT2D eigenvalue weighted by molar-refractivity contribution is -0.743. The molecule has 3 heteroatoms. The van der Waals surface area contributed by atoms with Crippen LogP contribution in [-0.4, -0.2) is 4.57 Å². The molecule has 2 unspecified atom stereocenters. The molecule has 2 nitrogen and oxygen atoms in total. The number of hydrogen-bond acceptors (Lipinski definition) is 1. The predicted octanol–water partition coefficient (Wildman–Crippen LogP) is 12.5. The van der Waals surface area contributed by atoms with Gasteiger partial charge in [0.25, 0.3) is 5.82 Å². The van der Waals surface area contributed by atoms with Crippen molar-refractivity contribution in [1.82, 2.24) is 4.57 Å². The summed E-state index contributed by atoms with van der Waals surface area (Å²) in [5, 5.41) is 2.91. The van der Waals surface area contributed by atoms with E-state index < -0.39 is 0 Å². The summed E-state index contributed by atoms with van der Waals surface area (Å²) in [6.07, 6.45) is 7.91. The molecule has 0 radical (unpaired) electrons. The molecule has 4 aromatic carbocycles. The molecule has 0 saturated carbocycles. The van der Waals surface area contributed by atoms with Gasteiger partial charge in [0, 0.05) is 26.5 Å². The maximum atomic E-state index is 2.76. The molecule has 0 aliphatic carbocycles. The van der Waals surface area contributed by atoms with Gasteiger partial charge in [0.05, 0.1) is 10.3 Å². The molecule has 0 fully saturated rings. The summed E-state index contributed by atoms with van der Waals surface area (Å²) in [5.74, 6) is 2.47. The van der Waals surface area contributed by atoms with Crippen LogP contribution in [0.2, 0.25) is 0 Å². The molecule has 48 heavy (non-hydrogen) atoms. The molecule has 0 bridgehead atoms. The van der Waals surface area contributed by atoms with Crippen molar-refractivity contribution in [3.05, 3.63) is 95.1 Å². The first kappa shape index (κ1) is 33.1. The number of aryl methyl sites for hydroxylation is 1. The first-order valence-corrected chi connectivity index (χ1v) is 19.6. The zero-order valence-electron chi connectivity index (χ0n) is 30.8. The molecule has 7 rings (SSSR count). The molecular formula is C45H55N2S+. The highest BCUT2D eigenvalue weighted by atomic mass is 32.1. The molecule has 0 amide bonds. The van der Waals surface area contributed by atoms with Crippen molar-refractivity contribution < 1.29 is 4.57 Å². The lowest BCUT2D eigenvalue weighted by Crippen LogP contribution is -2.67. The van der Waals surface area contributed by atoms with Crippen molar-refractivity contribution in [2.24, 2.45) is 11.8 Å². The van der Waals surface area contributed by atoms with E-state index in [9.17, 15) is 0 Å². The second-order valence-corrected chi connectivity index (χ2v) is 16.9. The molecule has 0 spiro atoms. The number of thiophene rings is 1. The monoisotopic (exact) mass is 655 g/mol. The minimum Gasteiger partial charge on any atom is -0.216 e. The van der Waals surface area contributed by atoms with E-state index in [1.54, 1.807) is 0 Å². The van der Waals surface area contributed by atoms with Gasteiger partial charge < -0.3 is 0 Å². The molecular weight excluding hydrogens is 601 g/mol. The number of imidazole rings is 1. The SMILES string of the molecule is CCCCc1ccc2c(c1)sc1c(-n3c4[n+](c5ccccc53)C(C)(CC)C(C)(CC)c3ccccc3-4)c(CC(C)C)cc(CC(C)C)c12. The zero-order valence-corrected chi connectivity index (χ0v) is 31.7. The van der Waals surface area contributed by atoms with Gasteiger partial charge in [-0.1, -0.05) is 110 Å². The molecule has 0 N–H and O–H groups in total. The number of benzene rings is 4. The molecule has 2 atom stereocenters. The number of unbranched alkanes of at least 4 members (excludes halogenated alkanes) is 1. The molecule has 1 aliphatic rings. The smallest absolute Gasteiger partial charge is 0.216 e. The third-order valence-electron chi connectivity index (χ3n) is 11.9. The standard InChI is InChI=1S/C45H55N2S/c1-10-13-18-31-23-24-35-39(27-31)48-42-40(35)32(25-29(4)5)28-33(26-30(6)7)41(42)46-37-21-16-17-22-38(37)47-43(46)34-19-14-15-20-36(34)44(8,11-2)45(47,9)12-3/h14-17,19-24,27-30H,10-13,18,25-26H2,1-9H3/q+1. The van der Waals surface area contributed by atoms with E-state index in [1.165, 1.54) is 83.4 Å².